The zero-order chi connectivity index (χ0) is 11.5. The molecule has 0 aliphatic heterocycles. The molecular weight excluding hydrogens is 230 g/mol. The highest BCUT2D eigenvalue weighted by Crippen LogP contribution is 2.29. The van der Waals surface area contributed by atoms with Gasteiger partial charge in [-0.3, -0.25) is 0 Å². The average Bonchev–Trinajstić information content (AvgIpc) is 2.95. The van der Waals surface area contributed by atoms with Crippen molar-refractivity contribution in [3.8, 4) is 12.0 Å². The van der Waals surface area contributed by atoms with Gasteiger partial charge < -0.3 is 9.47 Å². The minimum Gasteiger partial charge on any atom is -0.463 e. The van der Waals surface area contributed by atoms with Crippen LogP contribution in [0.1, 0.15) is 26.7 Å². The molecule has 6 heteroatoms. The largest absolute Gasteiger partial charge is 0.463 e. The first-order chi connectivity index (χ1) is 7.63. The van der Waals surface area contributed by atoms with Gasteiger partial charge in [-0.15, -0.1) is 4.98 Å². The minimum atomic E-state index is -0.00486. The quantitative estimate of drug-likeness (QED) is 0.793. The Bertz CT molecular complexity index is 369. The second kappa shape index (κ2) is 4.82. The molecule has 1 aromatic rings. The van der Waals surface area contributed by atoms with E-state index >= 15 is 0 Å². The van der Waals surface area contributed by atoms with Crippen LogP contribution in [0.4, 0.5) is 0 Å². The molecule has 1 heterocycles. The Balaban J connectivity index is 2.01. The van der Waals surface area contributed by atoms with Crippen molar-refractivity contribution >= 4 is 11.6 Å². The smallest absolute Gasteiger partial charge is 0.324 e. The molecule has 1 saturated carbocycles. The summed E-state index contributed by atoms with van der Waals surface area (Å²) in [6.07, 6.45) is 2.43. The zero-order valence-electron chi connectivity index (χ0n) is 9.31. The SMILES string of the molecule is CC(C)Oc1nc(Cl)nc(OCC2CC2)n1. The number of nitrogens with zero attached hydrogens (tertiary/aromatic N) is 3. The zero-order valence-corrected chi connectivity index (χ0v) is 10.1. The average molecular weight is 244 g/mol. The molecule has 16 heavy (non-hydrogen) atoms. The van der Waals surface area contributed by atoms with Crippen molar-refractivity contribution < 1.29 is 9.47 Å². The van der Waals surface area contributed by atoms with Gasteiger partial charge in [0.15, 0.2) is 0 Å². The molecule has 0 unspecified atom stereocenters. The summed E-state index contributed by atoms with van der Waals surface area (Å²) in [7, 11) is 0. The normalized spacial score (nSPS) is 15.2. The summed E-state index contributed by atoms with van der Waals surface area (Å²) in [6, 6.07) is 0.448. The van der Waals surface area contributed by atoms with Gasteiger partial charge in [-0.25, -0.2) is 0 Å². The molecule has 0 amide bonds. The maximum absolute atomic E-state index is 5.74. The van der Waals surface area contributed by atoms with E-state index in [2.05, 4.69) is 15.0 Å². The van der Waals surface area contributed by atoms with Gasteiger partial charge in [0, 0.05) is 0 Å². The van der Waals surface area contributed by atoms with Gasteiger partial charge in [0.1, 0.15) is 0 Å². The van der Waals surface area contributed by atoms with Gasteiger partial charge in [-0.05, 0) is 44.2 Å². The standard InChI is InChI=1S/C10H14ClN3O2/c1-6(2)16-10-13-8(11)12-9(14-10)15-5-7-3-4-7/h6-7H,3-5H2,1-2H3. The predicted molar refractivity (Wildman–Crippen MR) is 58.8 cm³/mol. The molecule has 0 radical (unpaired) electrons. The highest BCUT2D eigenvalue weighted by Gasteiger charge is 2.22. The summed E-state index contributed by atoms with van der Waals surface area (Å²) >= 11 is 5.74. The second-order valence-electron chi connectivity index (χ2n) is 4.09. The van der Waals surface area contributed by atoms with Crippen LogP contribution in [0.2, 0.25) is 5.28 Å². The van der Waals surface area contributed by atoms with E-state index in [1.54, 1.807) is 0 Å². The third-order valence-electron chi connectivity index (χ3n) is 2.05. The molecule has 1 fully saturated rings. The van der Waals surface area contributed by atoms with Gasteiger partial charge in [0.25, 0.3) is 0 Å². The Morgan fingerprint density at radius 1 is 1.25 bits per heavy atom. The van der Waals surface area contributed by atoms with E-state index in [1.807, 2.05) is 13.8 Å². The number of aromatic nitrogens is 3. The van der Waals surface area contributed by atoms with E-state index in [9.17, 15) is 0 Å². The van der Waals surface area contributed by atoms with Crippen LogP contribution in [0.3, 0.4) is 0 Å². The summed E-state index contributed by atoms with van der Waals surface area (Å²) in [4.78, 5) is 11.8. The van der Waals surface area contributed by atoms with Crippen molar-refractivity contribution in [3.63, 3.8) is 0 Å². The Labute approximate surface area is 99.2 Å². The van der Waals surface area contributed by atoms with Crippen LogP contribution in [-0.4, -0.2) is 27.7 Å². The van der Waals surface area contributed by atoms with Crippen molar-refractivity contribution in [2.24, 2.45) is 5.92 Å². The summed E-state index contributed by atoms with van der Waals surface area (Å²) in [5.41, 5.74) is 0. The Kier molecular flexibility index (Phi) is 3.43. The molecule has 0 aromatic carbocycles. The molecule has 0 bridgehead atoms. The first kappa shape index (κ1) is 11.4. The van der Waals surface area contributed by atoms with Gasteiger partial charge in [-0.1, -0.05) is 0 Å². The summed E-state index contributed by atoms with van der Waals surface area (Å²) in [6.45, 7) is 4.42. The fourth-order valence-corrected chi connectivity index (χ4v) is 1.26. The molecule has 2 rings (SSSR count). The Hall–Kier alpha value is -1.10. The number of rotatable bonds is 5. The second-order valence-corrected chi connectivity index (χ2v) is 4.43. The van der Waals surface area contributed by atoms with Gasteiger partial charge in [0.05, 0.1) is 12.7 Å². The van der Waals surface area contributed by atoms with E-state index in [-0.39, 0.29) is 23.4 Å². The van der Waals surface area contributed by atoms with E-state index in [1.165, 1.54) is 12.8 Å². The van der Waals surface area contributed by atoms with Crippen molar-refractivity contribution in [1.29, 1.82) is 0 Å². The minimum absolute atomic E-state index is 0.00486. The number of hydrogen-bond acceptors (Lipinski definition) is 5. The van der Waals surface area contributed by atoms with Crippen LogP contribution in [-0.2, 0) is 0 Å². The van der Waals surface area contributed by atoms with Crippen LogP contribution in [0.25, 0.3) is 0 Å². The van der Waals surface area contributed by atoms with Gasteiger partial charge in [0.2, 0.25) is 5.28 Å². The molecule has 1 aliphatic rings. The van der Waals surface area contributed by atoms with Crippen LogP contribution >= 0.6 is 11.6 Å². The van der Waals surface area contributed by atoms with Crippen molar-refractivity contribution in [1.82, 2.24) is 15.0 Å². The topological polar surface area (TPSA) is 57.1 Å². The van der Waals surface area contributed by atoms with Crippen molar-refractivity contribution in [2.45, 2.75) is 32.8 Å². The Morgan fingerprint density at radius 3 is 2.56 bits per heavy atom. The third-order valence-corrected chi connectivity index (χ3v) is 2.22. The molecule has 0 spiro atoms. The summed E-state index contributed by atoms with van der Waals surface area (Å²) in [5.74, 6) is 0.644. The Morgan fingerprint density at radius 2 is 1.94 bits per heavy atom. The monoisotopic (exact) mass is 243 g/mol. The molecule has 1 aromatic heterocycles. The lowest BCUT2D eigenvalue weighted by Gasteiger charge is -2.08. The van der Waals surface area contributed by atoms with Crippen molar-refractivity contribution in [3.05, 3.63) is 5.28 Å². The van der Waals surface area contributed by atoms with E-state index in [0.717, 1.165) is 0 Å². The highest BCUT2D eigenvalue weighted by molar-refractivity contribution is 6.28. The number of halogens is 1. The van der Waals surface area contributed by atoms with Crippen molar-refractivity contribution in [2.75, 3.05) is 6.61 Å². The molecule has 0 atom stereocenters. The fourth-order valence-electron chi connectivity index (χ4n) is 1.12. The maximum Gasteiger partial charge on any atom is 0.324 e. The number of ether oxygens (including phenoxy) is 2. The van der Waals surface area contributed by atoms with Crippen LogP contribution in [0.5, 0.6) is 12.0 Å². The molecule has 5 nitrogen and oxygen atoms in total. The third kappa shape index (κ3) is 3.48. The first-order valence-corrected chi connectivity index (χ1v) is 5.72. The van der Waals surface area contributed by atoms with Crippen LogP contribution < -0.4 is 9.47 Å². The molecule has 0 N–H and O–H groups in total. The van der Waals surface area contributed by atoms with E-state index in [4.69, 9.17) is 21.1 Å². The van der Waals surface area contributed by atoms with Gasteiger partial charge >= 0.3 is 12.0 Å². The lowest BCUT2D eigenvalue weighted by atomic mass is 10.5. The van der Waals surface area contributed by atoms with Crippen LogP contribution in [0, 0.1) is 5.92 Å². The molecule has 88 valence electrons. The molecular formula is C10H14ClN3O2. The number of hydrogen-bond donors (Lipinski definition) is 0. The molecule has 0 saturated heterocycles. The fraction of sp³-hybridized carbons (Fsp3) is 0.700. The maximum atomic E-state index is 5.74. The molecule has 1 aliphatic carbocycles. The summed E-state index contributed by atoms with van der Waals surface area (Å²) < 4.78 is 10.7. The van der Waals surface area contributed by atoms with Crippen LogP contribution in [0.15, 0.2) is 0 Å². The predicted octanol–water partition coefficient (Wildman–Crippen LogP) is 2.10. The highest BCUT2D eigenvalue weighted by atomic mass is 35.5. The van der Waals surface area contributed by atoms with E-state index in [0.29, 0.717) is 12.5 Å². The lowest BCUT2D eigenvalue weighted by molar-refractivity contribution is 0.211. The van der Waals surface area contributed by atoms with E-state index < -0.39 is 0 Å². The summed E-state index contributed by atoms with van der Waals surface area (Å²) in [5, 5.41) is 0.0939. The lowest BCUT2D eigenvalue weighted by Crippen LogP contribution is -2.11. The van der Waals surface area contributed by atoms with Gasteiger partial charge in [-0.2, -0.15) is 9.97 Å². The first-order valence-electron chi connectivity index (χ1n) is 5.34.